The number of aliphatic carboxylic acids is 1. The van der Waals surface area contributed by atoms with Gasteiger partial charge in [-0.2, -0.15) is 0 Å². The first-order valence-corrected chi connectivity index (χ1v) is 4.44. The van der Waals surface area contributed by atoms with E-state index in [1.165, 1.54) is 6.08 Å². The summed E-state index contributed by atoms with van der Waals surface area (Å²) in [4.78, 5) is 32.7. The lowest BCUT2D eigenvalue weighted by Gasteiger charge is -1.92. The van der Waals surface area contributed by atoms with Crippen molar-refractivity contribution in [3.8, 4) is 0 Å². The first-order chi connectivity index (χ1) is 7.06. The zero-order valence-corrected chi connectivity index (χ0v) is 8.15. The number of carboxylic acids is 1. The van der Waals surface area contributed by atoms with Gasteiger partial charge in [-0.05, 0) is 6.42 Å². The summed E-state index contributed by atoms with van der Waals surface area (Å²) in [5, 5.41) is 8.54. The van der Waals surface area contributed by atoms with Crippen molar-refractivity contribution in [1.29, 1.82) is 0 Å². The average molecular weight is 210 g/mol. The van der Waals surface area contributed by atoms with Crippen LogP contribution in [0.3, 0.4) is 0 Å². The molecule has 0 saturated heterocycles. The molecule has 0 amide bonds. The molecule has 0 spiro atoms. The topological polar surface area (TPSA) is 80.7 Å². The summed E-state index contributed by atoms with van der Waals surface area (Å²) in [5.41, 5.74) is -0.0403. The van der Waals surface area contributed by atoms with Crippen molar-refractivity contribution in [2.75, 3.05) is 0 Å². The van der Waals surface area contributed by atoms with E-state index in [1.54, 1.807) is 6.08 Å². The summed E-state index contributed by atoms with van der Waals surface area (Å²) in [5.74, 6) is -2.81. The zero-order chi connectivity index (χ0) is 11.4. The fourth-order valence-corrected chi connectivity index (χ4v) is 1.16. The number of hydrogen-bond donors (Lipinski definition) is 1. The number of ether oxygens (including phenoxy) is 1. The van der Waals surface area contributed by atoms with Crippen molar-refractivity contribution in [2.45, 2.75) is 19.8 Å². The molecular formula is C10H10O5. The molecule has 0 unspecified atom stereocenters. The van der Waals surface area contributed by atoms with Crippen LogP contribution in [0, 0.1) is 0 Å². The van der Waals surface area contributed by atoms with Gasteiger partial charge >= 0.3 is 17.9 Å². The minimum absolute atomic E-state index is 0.0456. The van der Waals surface area contributed by atoms with Gasteiger partial charge in [0, 0.05) is 0 Å². The predicted molar refractivity (Wildman–Crippen MR) is 49.8 cm³/mol. The van der Waals surface area contributed by atoms with Crippen LogP contribution >= 0.6 is 0 Å². The van der Waals surface area contributed by atoms with Crippen LogP contribution in [0.4, 0.5) is 0 Å². The fourth-order valence-electron chi connectivity index (χ4n) is 1.16. The quantitative estimate of drug-likeness (QED) is 0.548. The molecule has 1 aliphatic heterocycles. The van der Waals surface area contributed by atoms with Gasteiger partial charge in [0.2, 0.25) is 0 Å². The standard InChI is InChI=1S/C10H10O5/c1-2-3-4-6-7(5-8(11)12)10(14)15-9(6)13/h3-4H,2,5H2,1H3,(H,11,12)/b4-3+. The van der Waals surface area contributed by atoms with Crippen LogP contribution < -0.4 is 0 Å². The highest BCUT2D eigenvalue weighted by Gasteiger charge is 2.32. The van der Waals surface area contributed by atoms with Gasteiger partial charge in [-0.1, -0.05) is 19.1 Å². The Morgan fingerprint density at radius 1 is 1.40 bits per heavy atom. The lowest BCUT2D eigenvalue weighted by Crippen LogP contribution is -2.05. The smallest absolute Gasteiger partial charge is 0.346 e. The number of carbonyl (C=O) groups is 3. The Bertz CT molecular complexity index is 375. The third-order valence-electron chi connectivity index (χ3n) is 1.83. The SMILES string of the molecule is CC/C=C/C1=C(CC(=O)O)C(=O)OC1=O. The molecule has 1 rings (SSSR count). The number of cyclic esters (lactones) is 2. The second-order valence-corrected chi connectivity index (χ2v) is 2.95. The zero-order valence-electron chi connectivity index (χ0n) is 8.15. The first-order valence-electron chi connectivity index (χ1n) is 4.44. The first kappa shape index (κ1) is 11.2. The highest BCUT2D eigenvalue weighted by Crippen LogP contribution is 2.21. The van der Waals surface area contributed by atoms with Gasteiger partial charge in [-0.3, -0.25) is 4.79 Å². The third-order valence-corrected chi connectivity index (χ3v) is 1.83. The summed E-state index contributed by atoms with van der Waals surface area (Å²) in [6.45, 7) is 1.86. The molecule has 0 aromatic rings. The minimum Gasteiger partial charge on any atom is -0.481 e. The minimum atomic E-state index is -1.17. The molecule has 1 aliphatic rings. The Kier molecular flexibility index (Phi) is 3.38. The molecule has 0 fully saturated rings. The molecule has 0 aromatic carbocycles. The molecule has 1 heterocycles. The highest BCUT2D eigenvalue weighted by atomic mass is 16.6. The van der Waals surface area contributed by atoms with Crippen molar-refractivity contribution >= 4 is 17.9 Å². The van der Waals surface area contributed by atoms with Crippen molar-refractivity contribution in [3.05, 3.63) is 23.3 Å². The van der Waals surface area contributed by atoms with Gasteiger partial charge in [0.15, 0.2) is 0 Å². The third kappa shape index (κ3) is 2.52. The molecule has 0 saturated carbocycles. The summed E-state index contributed by atoms with van der Waals surface area (Å²) < 4.78 is 4.32. The molecule has 5 heteroatoms. The molecule has 15 heavy (non-hydrogen) atoms. The van der Waals surface area contributed by atoms with Gasteiger partial charge in [0.25, 0.3) is 0 Å². The Hall–Kier alpha value is -1.91. The van der Waals surface area contributed by atoms with Crippen molar-refractivity contribution < 1.29 is 24.2 Å². The Balaban J connectivity index is 3.03. The van der Waals surface area contributed by atoms with Crippen LogP contribution in [-0.2, 0) is 19.1 Å². The molecule has 5 nitrogen and oxygen atoms in total. The van der Waals surface area contributed by atoms with Crippen LogP contribution in [-0.4, -0.2) is 23.0 Å². The van der Waals surface area contributed by atoms with E-state index < -0.39 is 24.3 Å². The molecule has 0 aliphatic carbocycles. The molecule has 0 atom stereocenters. The van der Waals surface area contributed by atoms with E-state index in [9.17, 15) is 14.4 Å². The maximum atomic E-state index is 11.1. The van der Waals surface area contributed by atoms with E-state index in [1.807, 2.05) is 6.92 Å². The maximum absolute atomic E-state index is 11.1. The van der Waals surface area contributed by atoms with Gasteiger partial charge < -0.3 is 9.84 Å². The molecule has 0 bridgehead atoms. The number of rotatable bonds is 4. The fraction of sp³-hybridized carbons (Fsp3) is 0.300. The van der Waals surface area contributed by atoms with Crippen molar-refractivity contribution in [2.24, 2.45) is 0 Å². The predicted octanol–water partition coefficient (Wildman–Crippen LogP) is 0.807. The lowest BCUT2D eigenvalue weighted by atomic mass is 10.1. The van der Waals surface area contributed by atoms with Crippen LogP contribution in [0.2, 0.25) is 0 Å². The molecule has 1 N–H and O–H groups in total. The highest BCUT2D eigenvalue weighted by molar-refractivity contribution is 6.15. The molecule has 80 valence electrons. The van der Waals surface area contributed by atoms with Gasteiger partial charge in [-0.25, -0.2) is 9.59 Å². The van der Waals surface area contributed by atoms with Crippen molar-refractivity contribution in [1.82, 2.24) is 0 Å². The normalized spacial score (nSPS) is 16.3. The maximum Gasteiger partial charge on any atom is 0.346 e. The van der Waals surface area contributed by atoms with Crippen LogP contribution in [0.1, 0.15) is 19.8 Å². The molecule has 0 aromatic heterocycles. The number of carboxylic acid groups (broad SMARTS) is 1. The summed E-state index contributed by atoms with van der Waals surface area (Å²) >= 11 is 0. The summed E-state index contributed by atoms with van der Waals surface area (Å²) in [7, 11) is 0. The second kappa shape index (κ2) is 4.54. The number of allylic oxidation sites excluding steroid dienone is 1. The second-order valence-electron chi connectivity index (χ2n) is 2.95. The van der Waals surface area contributed by atoms with E-state index in [-0.39, 0.29) is 11.1 Å². The van der Waals surface area contributed by atoms with E-state index in [0.29, 0.717) is 6.42 Å². The Morgan fingerprint density at radius 3 is 2.60 bits per heavy atom. The number of carbonyl (C=O) groups excluding carboxylic acids is 2. The van der Waals surface area contributed by atoms with Gasteiger partial charge in [0.1, 0.15) is 0 Å². The summed E-state index contributed by atoms with van der Waals surface area (Å²) in [6, 6.07) is 0. The monoisotopic (exact) mass is 210 g/mol. The lowest BCUT2D eigenvalue weighted by molar-refractivity contribution is -0.151. The van der Waals surface area contributed by atoms with E-state index in [4.69, 9.17) is 5.11 Å². The average Bonchev–Trinajstić information content (AvgIpc) is 2.39. The van der Waals surface area contributed by atoms with Crippen LogP contribution in [0.25, 0.3) is 0 Å². The van der Waals surface area contributed by atoms with E-state index in [0.717, 1.165) is 0 Å². The largest absolute Gasteiger partial charge is 0.481 e. The van der Waals surface area contributed by atoms with Crippen LogP contribution in [0.15, 0.2) is 23.3 Å². The van der Waals surface area contributed by atoms with E-state index in [2.05, 4.69) is 4.74 Å². The molecule has 0 radical (unpaired) electrons. The van der Waals surface area contributed by atoms with Crippen LogP contribution in [0.5, 0.6) is 0 Å². The van der Waals surface area contributed by atoms with Crippen molar-refractivity contribution in [3.63, 3.8) is 0 Å². The summed E-state index contributed by atoms with van der Waals surface area (Å²) in [6.07, 6.45) is 3.28. The van der Waals surface area contributed by atoms with E-state index >= 15 is 0 Å². The van der Waals surface area contributed by atoms with Gasteiger partial charge in [0.05, 0.1) is 17.6 Å². The van der Waals surface area contributed by atoms with Gasteiger partial charge in [-0.15, -0.1) is 0 Å². The Morgan fingerprint density at radius 2 is 2.07 bits per heavy atom. The number of esters is 2. The molecular weight excluding hydrogens is 200 g/mol. The Labute approximate surface area is 86.0 Å². The number of hydrogen-bond acceptors (Lipinski definition) is 4.